The fraction of sp³-hybridized carbons (Fsp3) is 0.500. The van der Waals surface area contributed by atoms with Gasteiger partial charge in [-0.15, -0.1) is 0 Å². The van der Waals surface area contributed by atoms with Gasteiger partial charge in [-0.05, 0) is 49.9 Å². The largest absolute Gasteiger partial charge is 0.457 e. The lowest BCUT2D eigenvalue weighted by atomic mass is 9.74. The molecular weight excluding hydrogens is 873 g/mol. The maximum Gasteiger partial charge on any atom is 0.230 e. The van der Waals surface area contributed by atoms with E-state index in [0.717, 1.165) is 153 Å². The van der Waals surface area contributed by atoms with Crippen molar-refractivity contribution in [1.29, 1.82) is 0 Å². The Morgan fingerprint density at radius 3 is 0.857 bits per heavy atom. The number of carbonyl (C=O) groups excluding carboxylic acids is 1. The molecule has 9 rings (SSSR count). The molecule has 4 aliphatic heterocycles. The highest BCUT2D eigenvalue weighted by atomic mass is 32.2. The van der Waals surface area contributed by atoms with Crippen molar-refractivity contribution in [2.24, 2.45) is 0 Å². The van der Waals surface area contributed by atoms with Crippen LogP contribution in [0.2, 0.25) is 0 Å². The summed E-state index contributed by atoms with van der Waals surface area (Å²) in [7, 11) is 0. The zero-order valence-corrected chi connectivity index (χ0v) is 40.4. The van der Waals surface area contributed by atoms with E-state index in [2.05, 4.69) is 52.0 Å². The molecule has 1 aliphatic carbocycles. The third kappa shape index (κ3) is 7.68. The van der Waals surface area contributed by atoms with Crippen LogP contribution in [0.1, 0.15) is 176 Å². The third-order valence-corrected chi connectivity index (χ3v) is 15.2. The molecule has 13 heteroatoms. The predicted molar refractivity (Wildman–Crippen MR) is 257 cm³/mol. The summed E-state index contributed by atoms with van der Waals surface area (Å²) in [6.07, 6.45) is 6.94. The summed E-state index contributed by atoms with van der Waals surface area (Å²) in [6.45, 7) is 10.4. The van der Waals surface area contributed by atoms with Crippen LogP contribution in [0.5, 0.6) is 46.0 Å². The molecule has 4 aromatic rings. The highest BCUT2D eigenvalue weighted by molar-refractivity contribution is 8.12. The van der Waals surface area contributed by atoms with Crippen LogP contribution in [0.25, 0.3) is 0 Å². The Morgan fingerprint density at radius 1 is 0.444 bits per heavy atom. The molecule has 0 aromatic heterocycles. The van der Waals surface area contributed by atoms with E-state index in [1.807, 2.05) is 0 Å². The van der Waals surface area contributed by atoms with Gasteiger partial charge in [0.1, 0.15) is 46.0 Å². The summed E-state index contributed by atoms with van der Waals surface area (Å²) in [5, 5.41) is 0.0138. The Hall–Kier alpha value is -3.65. The van der Waals surface area contributed by atoms with Crippen molar-refractivity contribution in [2.75, 3.05) is 27.2 Å². The second-order valence-corrected chi connectivity index (χ2v) is 19.1. The Labute approximate surface area is 392 Å². The Morgan fingerprint density at radius 2 is 0.667 bits per heavy atom. The van der Waals surface area contributed by atoms with Gasteiger partial charge in [0.05, 0.1) is 0 Å². The maximum absolute atomic E-state index is 12.8. The molecule has 336 valence electrons. The zero-order chi connectivity index (χ0) is 43.9. The van der Waals surface area contributed by atoms with Crippen LogP contribution in [0.4, 0.5) is 0 Å². The summed E-state index contributed by atoms with van der Waals surface area (Å²) < 4.78 is 54.1. The molecule has 0 saturated heterocycles. The van der Waals surface area contributed by atoms with Gasteiger partial charge in [0.15, 0.2) is 5.12 Å². The monoisotopic (exact) mass is 930 g/mol. The second kappa shape index (κ2) is 19.1. The fourth-order valence-corrected chi connectivity index (χ4v) is 12.3. The minimum absolute atomic E-state index is 0.0138. The molecule has 4 aromatic carbocycles. The number of benzene rings is 4. The molecule has 5 aliphatic rings. The second-order valence-electron chi connectivity index (χ2n) is 17.0. The normalized spacial score (nSPS) is 19.8. The molecule has 4 heterocycles. The minimum atomic E-state index is -0.145. The van der Waals surface area contributed by atoms with Crippen LogP contribution in [-0.4, -0.2) is 32.3 Å². The molecule has 0 amide bonds. The molecule has 0 spiro atoms. The van der Waals surface area contributed by atoms with Crippen molar-refractivity contribution in [3.8, 4) is 46.0 Å². The van der Waals surface area contributed by atoms with Gasteiger partial charge in [-0.3, -0.25) is 4.79 Å². The van der Waals surface area contributed by atoms with Crippen molar-refractivity contribution in [1.82, 2.24) is 0 Å². The van der Waals surface area contributed by atoms with Crippen molar-refractivity contribution >= 4 is 54.8 Å². The van der Waals surface area contributed by atoms with Crippen molar-refractivity contribution in [3.05, 3.63) is 91.0 Å². The standard InChI is InChI=1S/C50H58O9S4/c1-6-10-27-31-14-32-28(11-7-2)34-16-36-30(13-9-4)38-17-37-29(12-8-3)35-15-33(27)45-40(19-61)47(35)56-24-58-49(37)42(21-63-26(5)51)50(38)59-25-57-48(36)41(20-62)46(34)55-23-53-44(32)39(18-60)43(31)52-22-54-45/h14-17,27-30,60-62H,6-13,18-25H2,1-5H3. The SMILES string of the molecule is CCCC1c2cc3c4c(CS)c2OCOc2c1cc1c(c2CS)OCOc2c(cc5c(c2CSC(C)=O)OCOc2c(cc(c(c2CS)OCO4)C3CCC)C5CCC)C1CCC. The van der Waals surface area contributed by atoms with E-state index in [1.54, 1.807) is 6.92 Å². The van der Waals surface area contributed by atoms with Crippen LogP contribution >= 0.6 is 49.6 Å². The van der Waals surface area contributed by atoms with Crippen LogP contribution < -0.4 is 37.9 Å². The first-order valence-corrected chi connectivity index (χ1v) is 25.5. The van der Waals surface area contributed by atoms with Gasteiger partial charge >= 0.3 is 0 Å². The number of thiol groups is 3. The lowest BCUT2D eigenvalue weighted by molar-refractivity contribution is -0.109. The highest BCUT2D eigenvalue weighted by Gasteiger charge is 2.41. The number of carbonyl (C=O) groups is 1. The van der Waals surface area contributed by atoms with E-state index >= 15 is 0 Å². The van der Waals surface area contributed by atoms with Gasteiger partial charge in [0.2, 0.25) is 27.2 Å². The van der Waals surface area contributed by atoms with Gasteiger partial charge in [-0.25, -0.2) is 0 Å². The number of hydrogen-bond acceptors (Lipinski definition) is 13. The third-order valence-electron chi connectivity index (χ3n) is 13.4. The van der Waals surface area contributed by atoms with E-state index in [0.29, 0.717) is 34.5 Å². The number of hydrogen-bond donors (Lipinski definition) is 3. The highest BCUT2D eigenvalue weighted by Crippen LogP contribution is 2.58. The van der Waals surface area contributed by atoms with Crippen LogP contribution in [0, 0.1) is 0 Å². The number of thioether (sulfide) groups is 1. The van der Waals surface area contributed by atoms with Gasteiger partial charge < -0.3 is 37.9 Å². The van der Waals surface area contributed by atoms with Gasteiger partial charge in [-0.1, -0.05) is 65.1 Å². The number of rotatable bonds is 13. The summed E-state index contributed by atoms with van der Waals surface area (Å²) in [6, 6.07) is 9.41. The van der Waals surface area contributed by atoms with E-state index in [1.165, 1.54) is 11.8 Å². The Balaban J connectivity index is 1.50. The first-order valence-electron chi connectivity index (χ1n) is 22.6. The molecule has 63 heavy (non-hydrogen) atoms. The van der Waals surface area contributed by atoms with Crippen molar-refractivity contribution in [2.45, 2.75) is 133 Å². The van der Waals surface area contributed by atoms with Gasteiger partial charge in [0, 0.05) is 120 Å². The summed E-state index contributed by atoms with van der Waals surface area (Å²) in [5.41, 5.74) is 12.1. The average Bonchev–Trinajstić information content (AvgIpc) is 3.26. The first-order chi connectivity index (χ1) is 30.8. The summed E-state index contributed by atoms with van der Waals surface area (Å²) in [5.74, 6) is 6.86. The lowest BCUT2D eigenvalue weighted by Gasteiger charge is -2.37. The molecule has 0 radical (unpaired) electrons. The van der Waals surface area contributed by atoms with Crippen molar-refractivity contribution < 1.29 is 42.7 Å². The van der Waals surface area contributed by atoms with E-state index < -0.39 is 0 Å². The molecule has 4 atom stereocenters. The minimum Gasteiger partial charge on any atom is -0.457 e. The van der Waals surface area contributed by atoms with Crippen LogP contribution in [0.15, 0.2) is 24.3 Å². The summed E-state index contributed by atoms with van der Waals surface area (Å²) >= 11 is 16.2. The molecule has 0 fully saturated rings. The fourth-order valence-electron chi connectivity index (χ4n) is 10.8. The number of ether oxygens (including phenoxy) is 8. The topological polar surface area (TPSA) is 90.9 Å². The van der Waals surface area contributed by atoms with Gasteiger partial charge in [-0.2, -0.15) is 37.9 Å². The average molecular weight is 931 g/mol. The molecule has 9 nitrogen and oxygen atoms in total. The quantitative estimate of drug-likeness (QED) is 0.113. The first kappa shape index (κ1) is 44.5. The molecular formula is C50H58O9S4. The Kier molecular flexibility index (Phi) is 13.5. The predicted octanol–water partition coefficient (Wildman–Crippen LogP) is 12.7. The summed E-state index contributed by atoms with van der Waals surface area (Å²) in [4.78, 5) is 12.8. The van der Waals surface area contributed by atoms with E-state index in [-0.39, 0.29) is 56.0 Å². The lowest BCUT2D eigenvalue weighted by Crippen LogP contribution is -2.25. The van der Waals surface area contributed by atoms with Crippen molar-refractivity contribution in [3.63, 3.8) is 0 Å². The molecule has 0 saturated carbocycles. The van der Waals surface area contributed by atoms with E-state index in [9.17, 15) is 4.79 Å². The Bertz CT molecular complexity index is 2270. The molecule has 8 bridgehead atoms. The molecule has 4 unspecified atom stereocenters. The maximum atomic E-state index is 12.8. The van der Waals surface area contributed by atoms with Crippen LogP contribution in [0.3, 0.4) is 0 Å². The van der Waals surface area contributed by atoms with Crippen LogP contribution in [-0.2, 0) is 27.8 Å². The molecule has 0 N–H and O–H groups in total. The van der Waals surface area contributed by atoms with Gasteiger partial charge in [0.25, 0.3) is 0 Å². The zero-order valence-electron chi connectivity index (χ0n) is 36.9. The smallest absolute Gasteiger partial charge is 0.230 e. The van der Waals surface area contributed by atoms with E-state index in [4.69, 9.17) is 75.8 Å².